The fraction of sp³-hybridized carbons (Fsp3) is 0.533. The van der Waals surface area contributed by atoms with E-state index in [-0.39, 0.29) is 12.4 Å². The molecule has 0 fully saturated rings. The maximum absolute atomic E-state index is 12.3. The Hall–Kier alpha value is -0.840. The van der Waals surface area contributed by atoms with Gasteiger partial charge in [0.1, 0.15) is 0 Å². The molecule has 3 nitrogen and oxygen atoms in total. The highest BCUT2D eigenvalue weighted by Crippen LogP contribution is 2.21. The summed E-state index contributed by atoms with van der Waals surface area (Å²) in [6.45, 7) is 6.28. The highest BCUT2D eigenvalue weighted by Gasteiger charge is 2.27. The van der Waals surface area contributed by atoms with Crippen LogP contribution in [0.3, 0.4) is 0 Å². The number of nitrogens with one attached hydrogen (secondary N) is 1. The van der Waals surface area contributed by atoms with E-state index in [1.807, 2.05) is 38.1 Å². The molecule has 0 saturated heterocycles. The van der Waals surface area contributed by atoms with Gasteiger partial charge in [-0.1, -0.05) is 19.1 Å². The zero-order chi connectivity index (χ0) is 14.3. The Labute approximate surface area is 119 Å². The van der Waals surface area contributed by atoms with Gasteiger partial charge in [-0.3, -0.25) is 4.79 Å². The molecule has 0 amide bonds. The van der Waals surface area contributed by atoms with Crippen LogP contribution < -0.4 is 5.32 Å². The summed E-state index contributed by atoms with van der Waals surface area (Å²) >= 11 is 1.80. The molecule has 19 heavy (non-hydrogen) atoms. The molecular weight excluding hydrogens is 258 g/mol. The monoisotopic (exact) mass is 281 g/mol. The van der Waals surface area contributed by atoms with Gasteiger partial charge in [-0.2, -0.15) is 0 Å². The average molecular weight is 281 g/mol. The van der Waals surface area contributed by atoms with E-state index < -0.39 is 5.54 Å². The first kappa shape index (κ1) is 16.2. The van der Waals surface area contributed by atoms with E-state index in [0.29, 0.717) is 12.1 Å². The molecule has 106 valence electrons. The summed E-state index contributed by atoms with van der Waals surface area (Å²) in [5.41, 5.74) is 0.0529. The average Bonchev–Trinajstić information content (AvgIpc) is 2.42. The van der Waals surface area contributed by atoms with E-state index in [0.717, 1.165) is 12.2 Å². The molecule has 0 atom stereocenters. The lowest BCUT2D eigenvalue weighted by Crippen LogP contribution is -2.47. The standard InChI is InChI=1S/C15H23NO2S/c1-4-11-19-13-7-5-12(6-8-13)14(18)15(2,3)16-9-10-17/h5-8,16-17H,4,9-11H2,1-3H3. The van der Waals surface area contributed by atoms with Gasteiger partial charge in [0.15, 0.2) is 5.78 Å². The molecule has 0 radical (unpaired) electrons. The van der Waals surface area contributed by atoms with E-state index in [4.69, 9.17) is 5.11 Å². The van der Waals surface area contributed by atoms with E-state index in [1.54, 1.807) is 11.8 Å². The van der Waals surface area contributed by atoms with E-state index >= 15 is 0 Å². The summed E-state index contributed by atoms with van der Waals surface area (Å²) in [4.78, 5) is 13.5. The van der Waals surface area contributed by atoms with Gasteiger partial charge in [-0.15, -0.1) is 11.8 Å². The summed E-state index contributed by atoms with van der Waals surface area (Å²) in [6, 6.07) is 7.75. The highest BCUT2D eigenvalue weighted by molar-refractivity contribution is 7.99. The number of rotatable bonds is 8. The van der Waals surface area contributed by atoms with Crippen molar-refractivity contribution < 1.29 is 9.90 Å². The minimum Gasteiger partial charge on any atom is -0.395 e. The van der Waals surface area contributed by atoms with Gasteiger partial charge in [0.05, 0.1) is 12.1 Å². The molecule has 4 heteroatoms. The van der Waals surface area contributed by atoms with E-state index in [1.165, 1.54) is 4.90 Å². The second-order valence-corrected chi connectivity index (χ2v) is 6.15. The second kappa shape index (κ2) is 7.68. The Morgan fingerprint density at radius 3 is 2.47 bits per heavy atom. The maximum Gasteiger partial charge on any atom is 0.182 e. The van der Waals surface area contributed by atoms with Gasteiger partial charge < -0.3 is 10.4 Å². The van der Waals surface area contributed by atoms with Crippen molar-refractivity contribution in [2.24, 2.45) is 0 Å². The minimum absolute atomic E-state index is 0.0311. The molecular formula is C15H23NO2S. The molecule has 1 rings (SSSR count). The molecule has 1 aromatic rings. The number of aliphatic hydroxyl groups excluding tert-OH is 1. The predicted octanol–water partition coefficient (Wildman–Crippen LogP) is 2.73. The quantitative estimate of drug-likeness (QED) is 0.568. The Morgan fingerprint density at radius 2 is 1.95 bits per heavy atom. The first-order valence-electron chi connectivity index (χ1n) is 6.65. The zero-order valence-electron chi connectivity index (χ0n) is 11.9. The number of ketones is 1. The lowest BCUT2D eigenvalue weighted by molar-refractivity contribution is 0.0877. The lowest BCUT2D eigenvalue weighted by atomic mass is 9.93. The fourth-order valence-electron chi connectivity index (χ4n) is 1.73. The summed E-state index contributed by atoms with van der Waals surface area (Å²) in [5, 5.41) is 11.9. The zero-order valence-corrected chi connectivity index (χ0v) is 12.7. The number of aliphatic hydroxyl groups is 1. The maximum atomic E-state index is 12.3. The number of hydrogen-bond acceptors (Lipinski definition) is 4. The number of benzene rings is 1. The number of carbonyl (C=O) groups excluding carboxylic acids is 1. The van der Waals surface area contributed by atoms with Crippen molar-refractivity contribution in [1.82, 2.24) is 5.32 Å². The van der Waals surface area contributed by atoms with Crippen molar-refractivity contribution in [2.45, 2.75) is 37.6 Å². The van der Waals surface area contributed by atoms with Crippen LogP contribution in [0.5, 0.6) is 0 Å². The van der Waals surface area contributed by atoms with Crippen molar-refractivity contribution in [3.8, 4) is 0 Å². The topological polar surface area (TPSA) is 49.3 Å². The Morgan fingerprint density at radius 1 is 1.32 bits per heavy atom. The molecule has 0 saturated carbocycles. The van der Waals surface area contributed by atoms with Gasteiger partial charge in [0.25, 0.3) is 0 Å². The number of β-amino-alcohol motifs (C(OH)–C–C–N with tert-alkyl or cyclic N) is 1. The van der Waals surface area contributed by atoms with Crippen molar-refractivity contribution in [3.63, 3.8) is 0 Å². The number of thioether (sulfide) groups is 1. The van der Waals surface area contributed by atoms with Crippen molar-refractivity contribution in [3.05, 3.63) is 29.8 Å². The third kappa shape index (κ3) is 4.97. The van der Waals surface area contributed by atoms with Gasteiger partial charge in [0, 0.05) is 17.0 Å². The molecule has 0 spiro atoms. The molecule has 0 aromatic heterocycles. The third-order valence-electron chi connectivity index (χ3n) is 2.84. The SMILES string of the molecule is CCCSc1ccc(C(=O)C(C)(C)NCCO)cc1. The summed E-state index contributed by atoms with van der Waals surface area (Å²) in [6.07, 6.45) is 1.14. The van der Waals surface area contributed by atoms with Crippen molar-refractivity contribution >= 4 is 17.5 Å². The van der Waals surface area contributed by atoms with E-state index in [2.05, 4.69) is 12.2 Å². The smallest absolute Gasteiger partial charge is 0.182 e. The van der Waals surface area contributed by atoms with Crippen molar-refractivity contribution in [2.75, 3.05) is 18.9 Å². The van der Waals surface area contributed by atoms with Crippen LogP contribution >= 0.6 is 11.8 Å². The second-order valence-electron chi connectivity index (χ2n) is 4.98. The van der Waals surface area contributed by atoms with E-state index in [9.17, 15) is 4.79 Å². The number of Topliss-reactive ketones (excluding diaryl/α,β-unsaturated/α-hetero) is 1. The summed E-state index contributed by atoms with van der Waals surface area (Å²) in [5.74, 6) is 1.14. The van der Waals surface area contributed by atoms with Crippen LogP contribution in [-0.2, 0) is 0 Å². The van der Waals surface area contributed by atoms with Gasteiger partial charge >= 0.3 is 0 Å². The summed E-state index contributed by atoms with van der Waals surface area (Å²) < 4.78 is 0. The van der Waals surface area contributed by atoms with Crippen LogP contribution in [0, 0.1) is 0 Å². The molecule has 0 bridgehead atoms. The van der Waals surface area contributed by atoms with Crippen LogP contribution in [-0.4, -0.2) is 35.3 Å². The Balaban J connectivity index is 2.71. The molecule has 0 heterocycles. The molecule has 2 N–H and O–H groups in total. The molecule has 0 unspecified atom stereocenters. The predicted molar refractivity (Wildman–Crippen MR) is 81.0 cm³/mol. The Kier molecular flexibility index (Phi) is 6.55. The molecule has 0 aliphatic rings. The normalized spacial score (nSPS) is 11.6. The minimum atomic E-state index is -0.652. The molecule has 0 aliphatic carbocycles. The van der Waals surface area contributed by atoms with Gasteiger partial charge in [-0.25, -0.2) is 0 Å². The first-order chi connectivity index (χ1) is 9.01. The van der Waals surface area contributed by atoms with Crippen LogP contribution in [0.15, 0.2) is 29.2 Å². The molecule has 1 aromatic carbocycles. The van der Waals surface area contributed by atoms with Crippen molar-refractivity contribution in [1.29, 1.82) is 0 Å². The van der Waals surface area contributed by atoms with Crippen LogP contribution in [0.4, 0.5) is 0 Å². The number of carbonyl (C=O) groups is 1. The molecule has 0 aliphatic heterocycles. The van der Waals surface area contributed by atoms with Crippen LogP contribution in [0.2, 0.25) is 0 Å². The van der Waals surface area contributed by atoms with Crippen LogP contribution in [0.1, 0.15) is 37.6 Å². The lowest BCUT2D eigenvalue weighted by Gasteiger charge is -2.24. The van der Waals surface area contributed by atoms with Gasteiger partial charge in [0.2, 0.25) is 0 Å². The number of hydrogen-bond donors (Lipinski definition) is 2. The third-order valence-corrected chi connectivity index (χ3v) is 4.05. The highest BCUT2D eigenvalue weighted by atomic mass is 32.2. The Bertz CT molecular complexity index is 401. The largest absolute Gasteiger partial charge is 0.395 e. The van der Waals surface area contributed by atoms with Gasteiger partial charge in [-0.05, 0) is 38.2 Å². The van der Waals surface area contributed by atoms with Crippen LogP contribution in [0.25, 0.3) is 0 Å². The summed E-state index contributed by atoms with van der Waals surface area (Å²) in [7, 11) is 0. The first-order valence-corrected chi connectivity index (χ1v) is 7.63. The fourth-order valence-corrected chi connectivity index (χ4v) is 2.50.